The predicted octanol–water partition coefficient (Wildman–Crippen LogP) is 3.86. The SMILES string of the molecule is CCCCC/C(C)=N/[Si](C)(C)C. The van der Waals surface area contributed by atoms with Crippen molar-refractivity contribution in [1.29, 1.82) is 0 Å². The Kier molecular flexibility index (Phi) is 5.47. The lowest BCUT2D eigenvalue weighted by Crippen LogP contribution is -2.18. The average Bonchev–Trinajstić information content (AvgIpc) is 1.84. The van der Waals surface area contributed by atoms with E-state index in [4.69, 9.17) is 4.66 Å². The van der Waals surface area contributed by atoms with E-state index in [0.717, 1.165) is 0 Å². The van der Waals surface area contributed by atoms with E-state index in [1.807, 2.05) is 0 Å². The minimum Gasteiger partial charge on any atom is -0.331 e. The van der Waals surface area contributed by atoms with Gasteiger partial charge in [-0.15, -0.1) is 0 Å². The second kappa shape index (κ2) is 5.52. The summed E-state index contributed by atoms with van der Waals surface area (Å²) in [6, 6.07) is 0. The van der Waals surface area contributed by atoms with Crippen LogP contribution < -0.4 is 0 Å². The van der Waals surface area contributed by atoms with Crippen LogP contribution in [0.1, 0.15) is 39.5 Å². The molecule has 0 saturated carbocycles. The van der Waals surface area contributed by atoms with Gasteiger partial charge in [0.1, 0.15) is 0 Å². The van der Waals surface area contributed by atoms with E-state index in [9.17, 15) is 0 Å². The maximum atomic E-state index is 4.74. The third kappa shape index (κ3) is 7.99. The molecule has 0 rings (SSSR count). The fraction of sp³-hybridized carbons (Fsp3) is 0.900. The van der Waals surface area contributed by atoms with Crippen molar-refractivity contribution in [2.45, 2.75) is 59.2 Å². The number of rotatable bonds is 5. The van der Waals surface area contributed by atoms with Crippen molar-refractivity contribution in [3.8, 4) is 0 Å². The Bertz CT molecular complexity index is 144. The van der Waals surface area contributed by atoms with Gasteiger partial charge in [0.15, 0.2) is 8.24 Å². The molecule has 0 atom stereocenters. The molecule has 0 aromatic heterocycles. The van der Waals surface area contributed by atoms with Crippen molar-refractivity contribution in [3.63, 3.8) is 0 Å². The topological polar surface area (TPSA) is 12.4 Å². The highest BCUT2D eigenvalue weighted by atomic mass is 28.3. The van der Waals surface area contributed by atoms with Crippen LogP contribution >= 0.6 is 0 Å². The zero-order valence-corrected chi connectivity index (χ0v) is 10.3. The highest BCUT2D eigenvalue weighted by molar-refractivity contribution is 6.75. The van der Waals surface area contributed by atoms with Crippen LogP contribution in [0.4, 0.5) is 0 Å². The summed E-state index contributed by atoms with van der Waals surface area (Å²) in [5, 5.41) is 0. The summed E-state index contributed by atoms with van der Waals surface area (Å²) in [5.41, 5.74) is 1.36. The molecule has 2 heteroatoms. The Morgan fingerprint density at radius 3 is 2.17 bits per heavy atom. The standard InChI is InChI=1S/C10H23NSi/c1-6-7-8-9-10(2)11-12(3,4)5/h6-9H2,1-5H3/b11-10+. The summed E-state index contributed by atoms with van der Waals surface area (Å²) in [7, 11) is -1.19. The van der Waals surface area contributed by atoms with Crippen LogP contribution in [0.3, 0.4) is 0 Å². The minimum atomic E-state index is -1.19. The van der Waals surface area contributed by atoms with Crippen molar-refractivity contribution in [2.24, 2.45) is 4.66 Å². The molecule has 1 nitrogen and oxygen atoms in total. The summed E-state index contributed by atoms with van der Waals surface area (Å²) in [5.74, 6) is 0. The van der Waals surface area contributed by atoms with E-state index in [0.29, 0.717) is 0 Å². The molecule has 0 N–H and O–H groups in total. The van der Waals surface area contributed by atoms with Gasteiger partial charge in [0.2, 0.25) is 0 Å². The molecule has 0 radical (unpaired) electrons. The maximum absolute atomic E-state index is 4.74. The zero-order chi connectivity index (χ0) is 9.61. The van der Waals surface area contributed by atoms with Crippen LogP contribution in [-0.2, 0) is 0 Å². The van der Waals surface area contributed by atoms with Crippen LogP contribution in [-0.4, -0.2) is 13.9 Å². The summed E-state index contributed by atoms with van der Waals surface area (Å²) >= 11 is 0. The normalized spacial score (nSPS) is 13.6. The van der Waals surface area contributed by atoms with E-state index < -0.39 is 8.24 Å². The fourth-order valence-corrected chi connectivity index (χ4v) is 2.52. The van der Waals surface area contributed by atoms with Crippen LogP contribution in [0.25, 0.3) is 0 Å². The molecule has 0 aliphatic carbocycles. The lowest BCUT2D eigenvalue weighted by Gasteiger charge is -2.11. The first kappa shape index (κ1) is 11.9. The van der Waals surface area contributed by atoms with E-state index in [2.05, 4.69) is 33.5 Å². The van der Waals surface area contributed by atoms with E-state index >= 15 is 0 Å². The second-order valence-corrected chi connectivity index (χ2v) is 9.04. The highest BCUT2D eigenvalue weighted by Crippen LogP contribution is 2.06. The highest BCUT2D eigenvalue weighted by Gasteiger charge is 2.10. The van der Waals surface area contributed by atoms with Crippen LogP contribution in [0.5, 0.6) is 0 Å². The van der Waals surface area contributed by atoms with Gasteiger partial charge in [-0.3, -0.25) is 0 Å². The smallest absolute Gasteiger partial charge is 0.172 e. The number of nitrogens with zero attached hydrogens (tertiary/aromatic N) is 1. The average molecular weight is 185 g/mol. The molecule has 0 fully saturated rings. The van der Waals surface area contributed by atoms with Crippen molar-refractivity contribution in [3.05, 3.63) is 0 Å². The number of hydrogen-bond donors (Lipinski definition) is 0. The first-order valence-electron chi connectivity index (χ1n) is 5.01. The Balaban J connectivity index is 3.71. The second-order valence-electron chi connectivity index (χ2n) is 4.48. The maximum Gasteiger partial charge on any atom is 0.172 e. The van der Waals surface area contributed by atoms with Gasteiger partial charge in [0.25, 0.3) is 0 Å². The van der Waals surface area contributed by atoms with Gasteiger partial charge in [-0.1, -0.05) is 19.8 Å². The largest absolute Gasteiger partial charge is 0.331 e. The first-order chi connectivity index (χ1) is 5.45. The molecule has 0 amide bonds. The van der Waals surface area contributed by atoms with Gasteiger partial charge < -0.3 is 4.66 Å². The number of unbranched alkanes of at least 4 members (excludes halogenated alkanes) is 2. The molecule has 12 heavy (non-hydrogen) atoms. The van der Waals surface area contributed by atoms with E-state index in [1.165, 1.54) is 31.4 Å². The first-order valence-corrected chi connectivity index (χ1v) is 8.46. The molecule has 0 aliphatic rings. The Labute approximate surface area is 78.4 Å². The molecule has 0 spiro atoms. The molecular weight excluding hydrogens is 162 g/mol. The molecule has 0 aromatic carbocycles. The Morgan fingerprint density at radius 1 is 1.17 bits per heavy atom. The van der Waals surface area contributed by atoms with Gasteiger partial charge in [-0.2, -0.15) is 0 Å². The molecular formula is C10H23NSi. The summed E-state index contributed by atoms with van der Waals surface area (Å²) in [6.45, 7) is 11.3. The van der Waals surface area contributed by atoms with Gasteiger partial charge in [-0.05, 0) is 45.1 Å². The van der Waals surface area contributed by atoms with Crippen molar-refractivity contribution in [1.82, 2.24) is 0 Å². The summed E-state index contributed by atoms with van der Waals surface area (Å²) in [4.78, 5) is 0. The summed E-state index contributed by atoms with van der Waals surface area (Å²) < 4.78 is 4.74. The molecule has 0 unspecified atom stereocenters. The van der Waals surface area contributed by atoms with Crippen LogP contribution in [0.15, 0.2) is 4.66 Å². The Hall–Kier alpha value is -0.113. The van der Waals surface area contributed by atoms with Crippen molar-refractivity contribution >= 4 is 13.9 Å². The number of hydrogen-bond acceptors (Lipinski definition) is 1. The lowest BCUT2D eigenvalue weighted by molar-refractivity contribution is 0.741. The Morgan fingerprint density at radius 2 is 1.75 bits per heavy atom. The van der Waals surface area contributed by atoms with Crippen molar-refractivity contribution in [2.75, 3.05) is 0 Å². The van der Waals surface area contributed by atoms with Gasteiger partial charge >= 0.3 is 0 Å². The van der Waals surface area contributed by atoms with Gasteiger partial charge in [-0.25, -0.2) is 0 Å². The molecule has 0 bridgehead atoms. The van der Waals surface area contributed by atoms with Gasteiger partial charge in [0, 0.05) is 0 Å². The fourth-order valence-electron chi connectivity index (χ4n) is 1.26. The quantitative estimate of drug-likeness (QED) is 0.350. The molecule has 0 aromatic rings. The summed E-state index contributed by atoms with van der Waals surface area (Å²) in [6.07, 6.45) is 5.17. The molecule has 0 heterocycles. The third-order valence-electron chi connectivity index (χ3n) is 1.67. The van der Waals surface area contributed by atoms with Gasteiger partial charge in [0.05, 0.1) is 0 Å². The zero-order valence-electron chi connectivity index (χ0n) is 9.28. The lowest BCUT2D eigenvalue weighted by atomic mass is 10.1. The van der Waals surface area contributed by atoms with E-state index in [-0.39, 0.29) is 0 Å². The third-order valence-corrected chi connectivity index (χ3v) is 2.72. The monoisotopic (exact) mass is 185 g/mol. The molecule has 0 aliphatic heterocycles. The molecule has 0 saturated heterocycles. The molecule has 72 valence electrons. The predicted molar refractivity (Wildman–Crippen MR) is 60.6 cm³/mol. The van der Waals surface area contributed by atoms with E-state index in [1.54, 1.807) is 0 Å². The van der Waals surface area contributed by atoms with Crippen molar-refractivity contribution < 1.29 is 0 Å². The van der Waals surface area contributed by atoms with Crippen LogP contribution in [0.2, 0.25) is 19.6 Å². The minimum absolute atomic E-state index is 1.19. The van der Waals surface area contributed by atoms with Crippen LogP contribution in [0, 0.1) is 0 Å².